The first-order valence-corrected chi connectivity index (χ1v) is 13.9. The van der Waals surface area contributed by atoms with Gasteiger partial charge in [0.05, 0.1) is 5.56 Å². The molecular weight excluding hydrogens is 549 g/mol. The van der Waals surface area contributed by atoms with Crippen molar-refractivity contribution < 1.29 is 18.0 Å². The second-order valence-corrected chi connectivity index (χ2v) is 10.2. The van der Waals surface area contributed by atoms with E-state index in [1.807, 2.05) is 48.5 Å². The number of benzene rings is 4. The fourth-order valence-corrected chi connectivity index (χ4v) is 4.64. The number of rotatable bonds is 10. The van der Waals surface area contributed by atoms with Crippen LogP contribution in [0.15, 0.2) is 128 Å². The van der Waals surface area contributed by atoms with E-state index in [2.05, 4.69) is 52.0 Å². The highest BCUT2D eigenvalue weighted by Crippen LogP contribution is 2.30. The zero-order valence-electron chi connectivity index (χ0n) is 23.4. The Labute approximate surface area is 249 Å². The second kappa shape index (κ2) is 13.8. The lowest BCUT2D eigenvalue weighted by molar-refractivity contribution is -0.137. The highest BCUT2D eigenvalue weighted by molar-refractivity contribution is 5.89. The molecule has 5 rings (SSSR count). The zero-order valence-corrected chi connectivity index (χ0v) is 23.4. The lowest BCUT2D eigenvalue weighted by Crippen LogP contribution is -2.34. The average molecular weight is 581 g/mol. The third-order valence-corrected chi connectivity index (χ3v) is 6.96. The number of nitrogens with one attached hydrogen (secondary N) is 2. The number of amides is 2. The number of urea groups is 1. The van der Waals surface area contributed by atoms with Gasteiger partial charge in [-0.2, -0.15) is 13.2 Å². The molecule has 0 spiro atoms. The van der Waals surface area contributed by atoms with Gasteiger partial charge >= 0.3 is 12.2 Å². The number of alkyl halides is 3. The first-order chi connectivity index (χ1) is 20.8. The molecule has 0 radical (unpaired) electrons. The summed E-state index contributed by atoms with van der Waals surface area (Å²) in [6.45, 7) is 2.16. The van der Waals surface area contributed by atoms with Crippen LogP contribution in [-0.4, -0.2) is 15.9 Å². The molecule has 4 aromatic carbocycles. The number of pyridine rings is 1. The molecular formula is C35H31F3N4O. The number of aromatic nitrogens is 1. The van der Waals surface area contributed by atoms with E-state index in [1.165, 1.54) is 23.3 Å². The van der Waals surface area contributed by atoms with Crippen molar-refractivity contribution in [2.24, 2.45) is 0 Å². The summed E-state index contributed by atoms with van der Waals surface area (Å²) < 4.78 is 38.8. The van der Waals surface area contributed by atoms with E-state index in [-0.39, 0.29) is 12.2 Å². The number of hydrogen-bond acceptors (Lipinski definition) is 3. The van der Waals surface area contributed by atoms with Crippen LogP contribution >= 0.6 is 0 Å². The molecule has 0 bridgehead atoms. The van der Waals surface area contributed by atoms with Crippen molar-refractivity contribution in [3.05, 3.63) is 155 Å². The zero-order chi connectivity index (χ0) is 30.1. The van der Waals surface area contributed by atoms with E-state index in [4.69, 9.17) is 0 Å². The molecule has 1 aromatic heterocycles. The molecule has 1 heterocycles. The number of anilines is 1. The predicted molar refractivity (Wildman–Crippen MR) is 163 cm³/mol. The summed E-state index contributed by atoms with van der Waals surface area (Å²) >= 11 is 0. The standard InChI is InChI=1S/C35H31F3N4O/c36-35(37,38)32-16-18-33(19-17-32)41-34(43)42(25-29-7-4-20-39-23-29)24-28-10-14-31(15-11-28)30-12-8-27(9-13-30)22-40-21-26-5-2-1-3-6-26/h1-20,23,40H,21-22,24-25H2,(H,41,43). The molecule has 218 valence electrons. The second-order valence-electron chi connectivity index (χ2n) is 10.2. The molecule has 5 nitrogen and oxygen atoms in total. The molecule has 0 atom stereocenters. The molecule has 2 amide bonds. The Morgan fingerprint density at radius 2 is 1.21 bits per heavy atom. The van der Waals surface area contributed by atoms with Crippen molar-refractivity contribution in [2.75, 3.05) is 5.32 Å². The van der Waals surface area contributed by atoms with Crippen molar-refractivity contribution >= 4 is 11.7 Å². The van der Waals surface area contributed by atoms with E-state index in [1.54, 1.807) is 23.4 Å². The fraction of sp³-hybridized carbons (Fsp3) is 0.143. The SMILES string of the molecule is O=C(Nc1ccc(C(F)(F)F)cc1)N(Cc1ccc(-c2ccc(CNCc3ccccc3)cc2)cc1)Cc1cccnc1. The van der Waals surface area contributed by atoms with Gasteiger partial charge in [0, 0.05) is 44.3 Å². The average Bonchev–Trinajstić information content (AvgIpc) is 3.02. The fourth-order valence-electron chi connectivity index (χ4n) is 4.64. The van der Waals surface area contributed by atoms with Crippen LogP contribution in [0.1, 0.15) is 27.8 Å². The van der Waals surface area contributed by atoms with Crippen LogP contribution in [0.3, 0.4) is 0 Å². The van der Waals surface area contributed by atoms with Crippen LogP contribution in [0.2, 0.25) is 0 Å². The summed E-state index contributed by atoms with van der Waals surface area (Å²) in [5.41, 5.74) is 5.84. The summed E-state index contributed by atoms with van der Waals surface area (Å²) in [5, 5.41) is 6.19. The van der Waals surface area contributed by atoms with E-state index in [0.29, 0.717) is 6.54 Å². The van der Waals surface area contributed by atoms with Gasteiger partial charge < -0.3 is 15.5 Å². The molecule has 0 unspecified atom stereocenters. The predicted octanol–water partition coefficient (Wildman–Crippen LogP) is 8.29. The van der Waals surface area contributed by atoms with Crippen molar-refractivity contribution in [1.29, 1.82) is 0 Å². The Morgan fingerprint density at radius 1 is 0.651 bits per heavy atom. The Bertz CT molecular complexity index is 1590. The number of carbonyl (C=O) groups is 1. The maximum absolute atomic E-state index is 13.2. The van der Waals surface area contributed by atoms with E-state index < -0.39 is 17.8 Å². The minimum atomic E-state index is -4.44. The normalized spacial score (nSPS) is 11.2. The molecule has 0 aliphatic heterocycles. The molecule has 0 fully saturated rings. The van der Waals surface area contributed by atoms with Crippen molar-refractivity contribution in [1.82, 2.24) is 15.2 Å². The Kier molecular flexibility index (Phi) is 9.49. The molecule has 0 saturated heterocycles. The highest BCUT2D eigenvalue weighted by Gasteiger charge is 2.30. The van der Waals surface area contributed by atoms with Gasteiger partial charge in [-0.15, -0.1) is 0 Å². The molecule has 0 aliphatic carbocycles. The van der Waals surface area contributed by atoms with Gasteiger partial charge in [0.2, 0.25) is 0 Å². The van der Waals surface area contributed by atoms with Gasteiger partial charge in [0.25, 0.3) is 0 Å². The molecule has 0 saturated carbocycles. The molecule has 43 heavy (non-hydrogen) atoms. The minimum Gasteiger partial charge on any atom is -0.316 e. The molecule has 5 aromatic rings. The largest absolute Gasteiger partial charge is 0.416 e. The molecule has 2 N–H and O–H groups in total. The third-order valence-electron chi connectivity index (χ3n) is 6.96. The van der Waals surface area contributed by atoms with Gasteiger partial charge in [-0.3, -0.25) is 4.98 Å². The van der Waals surface area contributed by atoms with Crippen molar-refractivity contribution in [2.45, 2.75) is 32.4 Å². The number of hydrogen-bond donors (Lipinski definition) is 2. The van der Waals surface area contributed by atoms with Gasteiger partial charge in [-0.1, -0.05) is 84.9 Å². The van der Waals surface area contributed by atoms with E-state index >= 15 is 0 Å². The van der Waals surface area contributed by atoms with Gasteiger partial charge in [0.15, 0.2) is 0 Å². The first-order valence-electron chi connectivity index (χ1n) is 13.9. The summed E-state index contributed by atoms with van der Waals surface area (Å²) in [6.07, 6.45) is -1.10. The van der Waals surface area contributed by atoms with Crippen LogP contribution in [0.4, 0.5) is 23.7 Å². The van der Waals surface area contributed by atoms with Gasteiger partial charge in [-0.25, -0.2) is 4.79 Å². The van der Waals surface area contributed by atoms with Crippen LogP contribution < -0.4 is 10.6 Å². The lowest BCUT2D eigenvalue weighted by atomic mass is 10.0. The Balaban J connectivity index is 1.23. The molecule has 0 aliphatic rings. The van der Waals surface area contributed by atoms with E-state index in [0.717, 1.165) is 47.5 Å². The third kappa shape index (κ3) is 8.53. The summed E-state index contributed by atoms with van der Waals surface area (Å²) in [5.74, 6) is 0. The lowest BCUT2D eigenvalue weighted by Gasteiger charge is -2.23. The molecule has 8 heteroatoms. The number of halogens is 3. The van der Waals surface area contributed by atoms with Crippen molar-refractivity contribution in [3.8, 4) is 11.1 Å². The van der Waals surface area contributed by atoms with Crippen LogP contribution in [0.25, 0.3) is 11.1 Å². The van der Waals surface area contributed by atoms with Gasteiger partial charge in [-0.05, 0) is 63.7 Å². The van der Waals surface area contributed by atoms with Crippen LogP contribution in [0.5, 0.6) is 0 Å². The van der Waals surface area contributed by atoms with Crippen LogP contribution in [-0.2, 0) is 32.4 Å². The maximum Gasteiger partial charge on any atom is 0.416 e. The maximum atomic E-state index is 13.2. The summed E-state index contributed by atoms with van der Waals surface area (Å²) in [6, 6.07) is 34.4. The quantitative estimate of drug-likeness (QED) is 0.175. The number of nitrogens with zero attached hydrogens (tertiary/aromatic N) is 2. The minimum absolute atomic E-state index is 0.280. The summed E-state index contributed by atoms with van der Waals surface area (Å²) in [7, 11) is 0. The Hall–Kier alpha value is -4.95. The Morgan fingerprint density at radius 3 is 1.79 bits per heavy atom. The monoisotopic (exact) mass is 580 g/mol. The number of carbonyl (C=O) groups excluding carboxylic acids is 1. The topological polar surface area (TPSA) is 57.3 Å². The summed E-state index contributed by atoms with van der Waals surface area (Å²) in [4.78, 5) is 19.0. The van der Waals surface area contributed by atoms with Crippen LogP contribution in [0, 0.1) is 0 Å². The highest BCUT2D eigenvalue weighted by atomic mass is 19.4. The van der Waals surface area contributed by atoms with Crippen molar-refractivity contribution in [3.63, 3.8) is 0 Å². The van der Waals surface area contributed by atoms with Gasteiger partial charge in [0.1, 0.15) is 0 Å². The van der Waals surface area contributed by atoms with E-state index in [9.17, 15) is 18.0 Å². The first kappa shape index (κ1) is 29.5. The smallest absolute Gasteiger partial charge is 0.316 e.